The summed E-state index contributed by atoms with van der Waals surface area (Å²) in [5, 5.41) is 28.1. The standard InChI is InChI=1S/C19H31N5O8/c1-9(2)6-11(22-16(28)10-4-3-5-21-10)17(29)23-12(8-15(26)27)18(30)24-13(19(31)32)7-14(20)25/h9-13,21H,3-8H2,1-2H3,(H2,20,25)(H,22,28)(H,23,29)(H,24,30)(H,26,27)(H,31,32). The third kappa shape index (κ3) is 9.29. The van der Waals surface area contributed by atoms with Gasteiger partial charge in [0.2, 0.25) is 23.6 Å². The van der Waals surface area contributed by atoms with Crippen LogP contribution in [0.2, 0.25) is 0 Å². The summed E-state index contributed by atoms with van der Waals surface area (Å²) in [6, 6.07) is -4.80. The van der Waals surface area contributed by atoms with E-state index in [9.17, 15) is 28.8 Å². The van der Waals surface area contributed by atoms with Crippen molar-refractivity contribution in [2.45, 2.75) is 70.1 Å². The second-order valence-corrected chi connectivity index (χ2v) is 8.07. The summed E-state index contributed by atoms with van der Waals surface area (Å²) >= 11 is 0. The van der Waals surface area contributed by atoms with Gasteiger partial charge in [-0.3, -0.25) is 24.0 Å². The Bertz CT molecular complexity index is 735. The monoisotopic (exact) mass is 457 g/mol. The van der Waals surface area contributed by atoms with E-state index in [1.807, 2.05) is 19.2 Å². The van der Waals surface area contributed by atoms with Crippen LogP contribution in [0.1, 0.15) is 46.0 Å². The number of primary amides is 1. The number of hydrogen-bond acceptors (Lipinski definition) is 7. The maximum Gasteiger partial charge on any atom is 0.326 e. The minimum Gasteiger partial charge on any atom is -0.481 e. The van der Waals surface area contributed by atoms with E-state index in [1.54, 1.807) is 0 Å². The molecule has 1 saturated heterocycles. The lowest BCUT2D eigenvalue weighted by Gasteiger charge is -2.25. The van der Waals surface area contributed by atoms with Crippen molar-refractivity contribution in [1.82, 2.24) is 21.3 Å². The maximum atomic E-state index is 12.8. The molecule has 0 spiro atoms. The number of hydrogen-bond donors (Lipinski definition) is 7. The molecule has 8 N–H and O–H groups in total. The van der Waals surface area contributed by atoms with Gasteiger partial charge in [-0.05, 0) is 31.7 Å². The summed E-state index contributed by atoms with van der Waals surface area (Å²) in [5.41, 5.74) is 4.97. The van der Waals surface area contributed by atoms with Crippen molar-refractivity contribution in [1.29, 1.82) is 0 Å². The zero-order chi connectivity index (χ0) is 24.4. The van der Waals surface area contributed by atoms with Crippen LogP contribution in [-0.4, -0.2) is 76.5 Å². The van der Waals surface area contributed by atoms with Gasteiger partial charge in [0, 0.05) is 0 Å². The lowest BCUT2D eigenvalue weighted by Crippen LogP contribution is -2.57. The van der Waals surface area contributed by atoms with E-state index in [1.165, 1.54) is 0 Å². The molecular weight excluding hydrogens is 426 g/mol. The lowest BCUT2D eigenvalue weighted by atomic mass is 10.0. The Morgan fingerprint density at radius 3 is 2.00 bits per heavy atom. The van der Waals surface area contributed by atoms with Gasteiger partial charge in [0.15, 0.2) is 0 Å². The Morgan fingerprint density at radius 1 is 0.938 bits per heavy atom. The fraction of sp³-hybridized carbons (Fsp3) is 0.684. The Morgan fingerprint density at radius 2 is 1.53 bits per heavy atom. The molecule has 4 unspecified atom stereocenters. The van der Waals surface area contributed by atoms with Gasteiger partial charge < -0.3 is 37.2 Å². The molecule has 1 aliphatic rings. The highest BCUT2D eigenvalue weighted by atomic mass is 16.4. The first-order chi connectivity index (χ1) is 14.9. The van der Waals surface area contributed by atoms with E-state index >= 15 is 0 Å². The minimum atomic E-state index is -1.69. The molecule has 0 aliphatic carbocycles. The average Bonchev–Trinajstić information content (AvgIpc) is 3.20. The molecule has 1 heterocycles. The molecule has 4 atom stereocenters. The van der Waals surface area contributed by atoms with Crippen LogP contribution < -0.4 is 27.0 Å². The first-order valence-corrected chi connectivity index (χ1v) is 10.3. The number of carbonyl (C=O) groups excluding carboxylic acids is 4. The van der Waals surface area contributed by atoms with Gasteiger partial charge >= 0.3 is 11.9 Å². The zero-order valence-electron chi connectivity index (χ0n) is 18.1. The number of carboxylic acids is 2. The van der Waals surface area contributed by atoms with Crippen molar-refractivity contribution < 1.29 is 39.0 Å². The first-order valence-electron chi connectivity index (χ1n) is 10.3. The number of amides is 4. The van der Waals surface area contributed by atoms with Crippen LogP contribution in [0.15, 0.2) is 0 Å². The molecule has 4 amide bonds. The quantitative estimate of drug-likeness (QED) is 0.158. The summed E-state index contributed by atoms with van der Waals surface area (Å²) in [6.07, 6.45) is 0.103. The van der Waals surface area contributed by atoms with Crippen LogP contribution >= 0.6 is 0 Å². The Kier molecular flexibility index (Phi) is 10.5. The van der Waals surface area contributed by atoms with Crippen LogP contribution in [0.3, 0.4) is 0 Å². The van der Waals surface area contributed by atoms with Gasteiger partial charge in [0.1, 0.15) is 18.1 Å². The molecule has 1 fully saturated rings. The second-order valence-electron chi connectivity index (χ2n) is 8.07. The molecule has 13 nitrogen and oxygen atoms in total. The molecule has 1 rings (SSSR count). The summed E-state index contributed by atoms with van der Waals surface area (Å²) in [4.78, 5) is 71.2. The van der Waals surface area contributed by atoms with E-state index in [0.29, 0.717) is 13.0 Å². The SMILES string of the molecule is CC(C)CC(NC(=O)C1CCCN1)C(=O)NC(CC(=O)O)C(=O)NC(CC(N)=O)C(=O)O. The molecule has 1 aliphatic heterocycles. The Balaban J connectivity index is 2.93. The molecular formula is C19H31N5O8. The van der Waals surface area contributed by atoms with E-state index in [-0.39, 0.29) is 18.2 Å². The molecule has 0 aromatic carbocycles. The summed E-state index contributed by atoms with van der Waals surface area (Å²) < 4.78 is 0. The first kappa shape index (κ1) is 26.8. The number of nitrogens with one attached hydrogen (secondary N) is 4. The number of nitrogens with two attached hydrogens (primary N) is 1. The molecule has 0 aromatic heterocycles. The van der Waals surface area contributed by atoms with Crippen LogP contribution in [-0.2, 0) is 28.8 Å². The molecule has 0 bridgehead atoms. The second kappa shape index (κ2) is 12.6. The van der Waals surface area contributed by atoms with Crippen LogP contribution in [0.4, 0.5) is 0 Å². The summed E-state index contributed by atoms with van der Waals surface area (Å²) in [6.45, 7) is 4.32. The van der Waals surface area contributed by atoms with Gasteiger partial charge in [-0.1, -0.05) is 13.8 Å². The van der Waals surface area contributed by atoms with E-state index in [2.05, 4.69) is 16.0 Å². The smallest absolute Gasteiger partial charge is 0.326 e. The molecule has 0 saturated carbocycles. The van der Waals surface area contributed by atoms with Crippen molar-refractivity contribution in [3.63, 3.8) is 0 Å². The van der Waals surface area contributed by atoms with E-state index < -0.39 is 66.7 Å². The highest BCUT2D eigenvalue weighted by Gasteiger charge is 2.33. The highest BCUT2D eigenvalue weighted by molar-refractivity contribution is 5.96. The predicted octanol–water partition coefficient (Wildman–Crippen LogP) is -2.33. The Labute approximate surface area is 184 Å². The van der Waals surface area contributed by atoms with Crippen molar-refractivity contribution >= 4 is 35.6 Å². The normalized spacial score (nSPS) is 18.3. The van der Waals surface area contributed by atoms with Gasteiger partial charge in [-0.25, -0.2) is 4.79 Å². The van der Waals surface area contributed by atoms with Gasteiger partial charge in [-0.15, -0.1) is 0 Å². The van der Waals surface area contributed by atoms with Crippen molar-refractivity contribution in [3.8, 4) is 0 Å². The summed E-state index contributed by atoms with van der Waals surface area (Å²) in [5.74, 6) is -6.25. The van der Waals surface area contributed by atoms with Crippen LogP contribution in [0.25, 0.3) is 0 Å². The zero-order valence-corrected chi connectivity index (χ0v) is 18.1. The molecule has 0 aromatic rings. The van der Waals surface area contributed by atoms with Gasteiger partial charge in [0.05, 0.1) is 18.9 Å². The third-order valence-electron chi connectivity index (χ3n) is 4.75. The molecule has 180 valence electrons. The van der Waals surface area contributed by atoms with Gasteiger partial charge in [-0.2, -0.15) is 0 Å². The average molecular weight is 457 g/mol. The maximum absolute atomic E-state index is 12.8. The number of carboxylic acid groups (broad SMARTS) is 2. The number of carbonyl (C=O) groups is 6. The largest absolute Gasteiger partial charge is 0.481 e. The van der Waals surface area contributed by atoms with Crippen molar-refractivity contribution in [3.05, 3.63) is 0 Å². The predicted molar refractivity (Wildman–Crippen MR) is 110 cm³/mol. The van der Waals surface area contributed by atoms with Crippen molar-refractivity contribution in [2.75, 3.05) is 6.54 Å². The molecule has 0 radical (unpaired) electrons. The summed E-state index contributed by atoms with van der Waals surface area (Å²) in [7, 11) is 0. The topological polar surface area (TPSA) is 217 Å². The molecule has 13 heteroatoms. The number of rotatable bonds is 13. The third-order valence-corrected chi connectivity index (χ3v) is 4.75. The highest BCUT2D eigenvalue weighted by Crippen LogP contribution is 2.10. The minimum absolute atomic E-state index is 0.0127. The number of aliphatic carboxylic acids is 2. The molecule has 32 heavy (non-hydrogen) atoms. The van der Waals surface area contributed by atoms with Crippen LogP contribution in [0, 0.1) is 5.92 Å². The van der Waals surface area contributed by atoms with E-state index in [0.717, 1.165) is 6.42 Å². The van der Waals surface area contributed by atoms with Crippen LogP contribution in [0.5, 0.6) is 0 Å². The fourth-order valence-corrected chi connectivity index (χ4v) is 3.21. The Hall–Kier alpha value is -3.22. The van der Waals surface area contributed by atoms with Crippen molar-refractivity contribution in [2.24, 2.45) is 11.7 Å². The fourth-order valence-electron chi connectivity index (χ4n) is 3.21. The van der Waals surface area contributed by atoms with E-state index in [4.69, 9.17) is 15.9 Å². The van der Waals surface area contributed by atoms with Gasteiger partial charge in [0.25, 0.3) is 0 Å². The lowest BCUT2D eigenvalue weighted by molar-refractivity contribution is -0.144.